The first kappa shape index (κ1) is 28.0. The van der Waals surface area contributed by atoms with Crippen LogP contribution in [0, 0.1) is 6.92 Å². The first-order chi connectivity index (χ1) is 19.2. The predicted molar refractivity (Wildman–Crippen MR) is 153 cm³/mol. The maximum atomic E-state index is 13.1. The van der Waals surface area contributed by atoms with E-state index in [0.717, 1.165) is 89.3 Å². The van der Waals surface area contributed by atoms with Gasteiger partial charge in [-0.15, -0.1) is 11.3 Å². The fraction of sp³-hybridized carbons (Fsp3) is 0.323. The van der Waals surface area contributed by atoms with E-state index in [1.54, 1.807) is 24.5 Å². The number of anilines is 1. The number of halogens is 3. The van der Waals surface area contributed by atoms with Crippen molar-refractivity contribution in [2.75, 3.05) is 38.2 Å². The van der Waals surface area contributed by atoms with Gasteiger partial charge in [-0.1, -0.05) is 30.3 Å². The van der Waals surface area contributed by atoms with Crippen LogP contribution < -0.4 is 9.64 Å². The van der Waals surface area contributed by atoms with Crippen LogP contribution in [0.3, 0.4) is 0 Å². The number of benzene rings is 3. The number of alkyl halides is 3. The molecule has 1 fully saturated rings. The molecule has 5 nitrogen and oxygen atoms in total. The van der Waals surface area contributed by atoms with Gasteiger partial charge in [-0.2, -0.15) is 13.2 Å². The summed E-state index contributed by atoms with van der Waals surface area (Å²) in [4.78, 5) is 10.8. The molecule has 40 heavy (non-hydrogen) atoms. The van der Waals surface area contributed by atoms with Crippen LogP contribution in [0.2, 0.25) is 0 Å². The highest BCUT2D eigenvalue weighted by Gasteiger charge is 2.30. The highest BCUT2D eigenvalue weighted by atomic mass is 32.1. The minimum atomic E-state index is -4.37. The summed E-state index contributed by atoms with van der Waals surface area (Å²) in [5.74, 6) is 1.12. The van der Waals surface area contributed by atoms with E-state index in [4.69, 9.17) is 9.72 Å². The Morgan fingerprint density at radius 2 is 1.70 bits per heavy atom. The van der Waals surface area contributed by atoms with Crippen LogP contribution in [0.25, 0.3) is 10.6 Å². The molecule has 0 amide bonds. The number of aryl methyl sites for hydroxylation is 3. The second kappa shape index (κ2) is 11.9. The minimum absolute atomic E-state index is 0.278. The summed E-state index contributed by atoms with van der Waals surface area (Å²) in [6.45, 7) is 6.08. The van der Waals surface area contributed by atoms with E-state index in [-0.39, 0.29) is 5.75 Å². The quantitative estimate of drug-likeness (QED) is 0.250. The molecule has 1 aliphatic rings. The van der Waals surface area contributed by atoms with Crippen molar-refractivity contribution in [1.82, 2.24) is 9.88 Å². The molecular weight excluding hydrogens is 535 g/mol. The number of rotatable bonds is 8. The van der Waals surface area contributed by atoms with E-state index in [2.05, 4.69) is 21.9 Å². The van der Waals surface area contributed by atoms with Crippen molar-refractivity contribution in [1.29, 1.82) is 0 Å². The maximum Gasteiger partial charge on any atom is 0.416 e. The third-order valence-electron chi connectivity index (χ3n) is 7.30. The van der Waals surface area contributed by atoms with Crippen molar-refractivity contribution < 1.29 is 23.0 Å². The van der Waals surface area contributed by atoms with Gasteiger partial charge in [0.15, 0.2) is 0 Å². The summed E-state index contributed by atoms with van der Waals surface area (Å²) < 4.78 is 44.7. The predicted octanol–water partition coefficient (Wildman–Crippen LogP) is 6.96. The average molecular weight is 568 g/mol. The number of thiazole rings is 1. The van der Waals surface area contributed by atoms with Gasteiger partial charge in [-0.05, 0) is 61.2 Å². The number of methoxy groups -OCH3 is 1. The van der Waals surface area contributed by atoms with Gasteiger partial charge in [0, 0.05) is 54.9 Å². The lowest BCUT2D eigenvalue weighted by Gasteiger charge is -2.36. The zero-order chi connectivity index (χ0) is 28.3. The van der Waals surface area contributed by atoms with E-state index in [9.17, 15) is 18.3 Å². The number of nitrogens with zero attached hydrogens (tertiary/aromatic N) is 3. The summed E-state index contributed by atoms with van der Waals surface area (Å²) in [5, 5.41) is 10.6. The molecular formula is C31H32F3N3O2S. The lowest BCUT2D eigenvalue weighted by atomic mass is 10.1. The number of hydrogen-bond donors (Lipinski definition) is 1. The molecule has 9 heteroatoms. The molecule has 0 radical (unpaired) electrons. The summed E-state index contributed by atoms with van der Waals surface area (Å²) >= 11 is 1.55. The first-order valence-corrected chi connectivity index (χ1v) is 14.1. The van der Waals surface area contributed by atoms with Crippen LogP contribution >= 0.6 is 11.3 Å². The highest BCUT2D eigenvalue weighted by Crippen LogP contribution is 2.34. The van der Waals surface area contributed by atoms with Crippen LogP contribution in [-0.4, -0.2) is 48.3 Å². The second-order valence-corrected chi connectivity index (χ2v) is 11.1. The van der Waals surface area contributed by atoms with Crippen molar-refractivity contribution in [2.24, 2.45) is 0 Å². The van der Waals surface area contributed by atoms with Crippen molar-refractivity contribution in [3.05, 3.63) is 94.0 Å². The average Bonchev–Trinajstić information content (AvgIpc) is 3.36. The second-order valence-electron chi connectivity index (χ2n) is 10.0. The molecule has 3 aromatic carbocycles. The number of aromatic hydroxyl groups is 1. The Hall–Kier alpha value is -3.56. The Labute approximate surface area is 236 Å². The van der Waals surface area contributed by atoms with Crippen LogP contribution in [0.1, 0.15) is 27.3 Å². The number of phenols is 1. The Kier molecular flexibility index (Phi) is 8.32. The van der Waals surface area contributed by atoms with Gasteiger partial charge in [-0.25, -0.2) is 4.98 Å². The standard InChI is InChI=1S/C31H32F3N3O2S/c1-21-18-22(6-12-28(21)38)7-13-29-27(35-30(40-29)23-8-10-24(11-9-23)31(32,33)34)20-36-14-16-37(17-15-36)25-4-3-5-26(19-25)39-2/h3-6,8-12,18-19,38H,7,13-17,20H2,1-2H3. The molecule has 0 aliphatic carbocycles. The summed E-state index contributed by atoms with van der Waals surface area (Å²) in [5.41, 5.74) is 4.10. The SMILES string of the molecule is COc1cccc(N2CCN(Cc3nc(-c4ccc(C(F)(F)F)cc4)sc3CCc3ccc(O)c(C)c3)CC2)c1. The molecule has 5 rings (SSSR count). The number of piperazine rings is 1. The molecule has 1 N–H and O–H groups in total. The fourth-order valence-corrected chi connectivity index (χ4v) is 6.02. The molecule has 2 heterocycles. The largest absolute Gasteiger partial charge is 0.508 e. The van der Waals surface area contributed by atoms with Crippen LogP contribution in [0.5, 0.6) is 11.5 Å². The maximum absolute atomic E-state index is 13.1. The van der Waals surface area contributed by atoms with E-state index >= 15 is 0 Å². The number of ether oxygens (including phenoxy) is 1. The van der Waals surface area contributed by atoms with Gasteiger partial charge in [0.25, 0.3) is 0 Å². The van der Waals surface area contributed by atoms with E-state index in [1.807, 2.05) is 31.2 Å². The van der Waals surface area contributed by atoms with Crippen molar-refractivity contribution in [3.8, 4) is 22.1 Å². The molecule has 1 aliphatic heterocycles. The van der Waals surface area contributed by atoms with Crippen molar-refractivity contribution in [3.63, 3.8) is 0 Å². The fourth-order valence-electron chi connectivity index (χ4n) is 4.94. The van der Waals surface area contributed by atoms with Gasteiger partial charge >= 0.3 is 6.18 Å². The zero-order valence-corrected chi connectivity index (χ0v) is 23.4. The number of aromatic nitrogens is 1. The van der Waals surface area contributed by atoms with Crippen LogP contribution in [-0.2, 0) is 25.6 Å². The highest BCUT2D eigenvalue weighted by molar-refractivity contribution is 7.15. The molecule has 1 saturated heterocycles. The first-order valence-electron chi connectivity index (χ1n) is 13.3. The Balaban J connectivity index is 1.33. The normalized spacial score (nSPS) is 14.5. The van der Waals surface area contributed by atoms with E-state index in [0.29, 0.717) is 12.1 Å². The molecule has 210 valence electrons. The number of hydrogen-bond acceptors (Lipinski definition) is 6. The molecule has 0 bridgehead atoms. The third kappa shape index (κ3) is 6.59. The Morgan fingerprint density at radius 3 is 2.38 bits per heavy atom. The van der Waals surface area contributed by atoms with Gasteiger partial charge < -0.3 is 14.7 Å². The lowest BCUT2D eigenvalue weighted by molar-refractivity contribution is -0.137. The smallest absolute Gasteiger partial charge is 0.416 e. The molecule has 0 unspecified atom stereocenters. The number of phenolic OH excluding ortho intramolecular Hbond substituents is 1. The van der Waals surface area contributed by atoms with Gasteiger partial charge in [0.2, 0.25) is 0 Å². The molecule has 0 atom stereocenters. The van der Waals surface area contributed by atoms with Crippen LogP contribution in [0.4, 0.5) is 18.9 Å². The van der Waals surface area contributed by atoms with Gasteiger partial charge in [0.1, 0.15) is 16.5 Å². The van der Waals surface area contributed by atoms with Crippen molar-refractivity contribution in [2.45, 2.75) is 32.5 Å². The third-order valence-corrected chi connectivity index (χ3v) is 8.51. The van der Waals surface area contributed by atoms with Crippen LogP contribution in [0.15, 0.2) is 66.7 Å². The van der Waals surface area contributed by atoms with Crippen molar-refractivity contribution >= 4 is 17.0 Å². The van der Waals surface area contributed by atoms with E-state index < -0.39 is 11.7 Å². The summed E-state index contributed by atoms with van der Waals surface area (Å²) in [6, 6.07) is 19.0. The lowest BCUT2D eigenvalue weighted by Crippen LogP contribution is -2.46. The zero-order valence-electron chi connectivity index (χ0n) is 22.5. The molecule has 0 spiro atoms. The minimum Gasteiger partial charge on any atom is -0.508 e. The molecule has 4 aromatic rings. The Bertz CT molecular complexity index is 1450. The van der Waals surface area contributed by atoms with Gasteiger partial charge in [-0.3, -0.25) is 4.90 Å². The molecule has 0 saturated carbocycles. The summed E-state index contributed by atoms with van der Waals surface area (Å²) in [6.07, 6.45) is -2.82. The van der Waals surface area contributed by atoms with Gasteiger partial charge in [0.05, 0.1) is 18.4 Å². The summed E-state index contributed by atoms with van der Waals surface area (Å²) in [7, 11) is 1.67. The molecule has 1 aromatic heterocycles. The monoisotopic (exact) mass is 567 g/mol. The topological polar surface area (TPSA) is 48.8 Å². The van der Waals surface area contributed by atoms with E-state index in [1.165, 1.54) is 12.1 Å². The Morgan fingerprint density at radius 1 is 0.950 bits per heavy atom.